The number of nitrogens with one attached hydrogen (secondary N) is 2. The first-order chi connectivity index (χ1) is 11.9. The van der Waals surface area contributed by atoms with E-state index in [0.717, 1.165) is 11.1 Å². The Balaban J connectivity index is 1.91. The molecule has 0 aliphatic heterocycles. The first-order valence-corrected chi connectivity index (χ1v) is 7.75. The molecule has 0 saturated carbocycles. The molecule has 25 heavy (non-hydrogen) atoms. The Morgan fingerprint density at radius 1 is 1.12 bits per heavy atom. The van der Waals surface area contributed by atoms with Crippen LogP contribution in [0, 0.1) is 25.2 Å². The van der Waals surface area contributed by atoms with E-state index in [1.54, 1.807) is 30.3 Å². The Labute approximate surface area is 146 Å². The van der Waals surface area contributed by atoms with E-state index < -0.39 is 18.0 Å². The number of nitriles is 1. The van der Waals surface area contributed by atoms with Gasteiger partial charge >= 0.3 is 6.03 Å². The molecule has 2 aromatic carbocycles. The SMILES string of the molecule is Cc1ccc(NC(=O)NC(=O)[C@H](C)Oc2ccc(C#N)cc2)c(C)c1. The second-order valence-electron chi connectivity index (χ2n) is 5.66. The van der Waals surface area contributed by atoms with Crippen LogP contribution >= 0.6 is 0 Å². The van der Waals surface area contributed by atoms with Gasteiger partial charge in [-0.25, -0.2) is 4.79 Å². The number of carbonyl (C=O) groups is 2. The average Bonchev–Trinajstić information content (AvgIpc) is 2.58. The van der Waals surface area contributed by atoms with Crippen LogP contribution in [0.25, 0.3) is 0 Å². The number of benzene rings is 2. The first kappa shape index (κ1) is 18.0. The molecule has 0 radical (unpaired) electrons. The number of imide groups is 1. The van der Waals surface area contributed by atoms with E-state index in [-0.39, 0.29) is 0 Å². The summed E-state index contributed by atoms with van der Waals surface area (Å²) in [5.74, 6) is -0.122. The fourth-order valence-corrected chi connectivity index (χ4v) is 2.19. The smallest absolute Gasteiger partial charge is 0.325 e. The molecule has 0 aliphatic carbocycles. The zero-order valence-electron chi connectivity index (χ0n) is 14.3. The van der Waals surface area contributed by atoms with Crippen LogP contribution in [-0.2, 0) is 4.79 Å². The summed E-state index contributed by atoms with van der Waals surface area (Å²) in [5, 5.41) is 13.6. The van der Waals surface area contributed by atoms with Gasteiger partial charge in [0, 0.05) is 5.69 Å². The van der Waals surface area contributed by atoms with Gasteiger partial charge in [-0.1, -0.05) is 17.7 Å². The average molecular weight is 337 g/mol. The maximum absolute atomic E-state index is 12.1. The lowest BCUT2D eigenvalue weighted by molar-refractivity contribution is -0.126. The van der Waals surface area contributed by atoms with Gasteiger partial charge < -0.3 is 10.1 Å². The lowest BCUT2D eigenvalue weighted by Crippen LogP contribution is -2.42. The van der Waals surface area contributed by atoms with Gasteiger partial charge in [-0.05, 0) is 56.7 Å². The number of anilines is 1. The number of hydrogen-bond acceptors (Lipinski definition) is 4. The van der Waals surface area contributed by atoms with Crippen molar-refractivity contribution in [1.29, 1.82) is 5.26 Å². The van der Waals surface area contributed by atoms with Gasteiger partial charge in [0.05, 0.1) is 11.6 Å². The van der Waals surface area contributed by atoms with Crippen LogP contribution in [0.3, 0.4) is 0 Å². The summed E-state index contributed by atoms with van der Waals surface area (Å²) >= 11 is 0. The van der Waals surface area contributed by atoms with Gasteiger partial charge in [-0.15, -0.1) is 0 Å². The Morgan fingerprint density at radius 3 is 2.40 bits per heavy atom. The van der Waals surface area contributed by atoms with Gasteiger partial charge in [0.2, 0.25) is 0 Å². The van der Waals surface area contributed by atoms with Crippen molar-refractivity contribution in [2.24, 2.45) is 0 Å². The van der Waals surface area contributed by atoms with Crippen molar-refractivity contribution in [1.82, 2.24) is 5.32 Å². The summed E-state index contributed by atoms with van der Waals surface area (Å²) in [5.41, 5.74) is 3.13. The highest BCUT2D eigenvalue weighted by atomic mass is 16.5. The summed E-state index contributed by atoms with van der Waals surface area (Å²) in [6.45, 7) is 5.38. The van der Waals surface area contributed by atoms with Gasteiger partial charge in [0.15, 0.2) is 6.10 Å². The van der Waals surface area contributed by atoms with Gasteiger partial charge in [-0.2, -0.15) is 5.26 Å². The summed E-state index contributed by atoms with van der Waals surface area (Å²) in [7, 11) is 0. The zero-order valence-corrected chi connectivity index (χ0v) is 14.3. The Kier molecular flexibility index (Phi) is 5.75. The number of rotatable bonds is 4. The maximum atomic E-state index is 12.1. The van der Waals surface area contributed by atoms with Crippen LogP contribution in [0.4, 0.5) is 10.5 Å². The molecular formula is C19H19N3O3. The molecule has 0 aromatic heterocycles. The molecule has 0 fully saturated rings. The molecule has 0 spiro atoms. The highest BCUT2D eigenvalue weighted by Crippen LogP contribution is 2.16. The van der Waals surface area contributed by atoms with E-state index in [9.17, 15) is 9.59 Å². The van der Waals surface area contributed by atoms with E-state index in [1.165, 1.54) is 6.92 Å². The summed E-state index contributed by atoms with van der Waals surface area (Å²) in [6.07, 6.45) is -0.863. The molecule has 3 amide bonds. The number of amides is 3. The molecule has 6 heteroatoms. The molecule has 2 aromatic rings. The fraction of sp³-hybridized carbons (Fsp3) is 0.211. The van der Waals surface area contributed by atoms with E-state index in [1.807, 2.05) is 32.0 Å². The first-order valence-electron chi connectivity index (χ1n) is 7.75. The van der Waals surface area contributed by atoms with Crippen molar-refractivity contribution in [3.63, 3.8) is 0 Å². The van der Waals surface area contributed by atoms with Crippen LogP contribution in [-0.4, -0.2) is 18.0 Å². The molecule has 2 N–H and O–H groups in total. The van der Waals surface area contributed by atoms with Crippen molar-refractivity contribution >= 4 is 17.6 Å². The minimum Gasteiger partial charge on any atom is -0.481 e. The molecule has 0 bridgehead atoms. The summed E-state index contributed by atoms with van der Waals surface area (Å²) in [4.78, 5) is 24.0. The third-order valence-electron chi connectivity index (χ3n) is 3.53. The van der Waals surface area contributed by atoms with Crippen molar-refractivity contribution in [3.05, 3.63) is 59.2 Å². The Hall–Kier alpha value is -3.33. The molecule has 0 saturated heterocycles. The monoisotopic (exact) mass is 337 g/mol. The standard InChI is InChI=1S/C19H19N3O3/c1-12-4-9-17(13(2)10-12)21-19(24)22-18(23)14(3)25-16-7-5-15(11-20)6-8-16/h4-10,14H,1-3H3,(H2,21,22,23,24)/t14-/m0/s1. The zero-order chi connectivity index (χ0) is 18.4. The lowest BCUT2D eigenvalue weighted by Gasteiger charge is -2.15. The number of nitrogens with zero attached hydrogens (tertiary/aromatic N) is 1. The molecule has 128 valence electrons. The molecule has 0 heterocycles. The number of ether oxygens (including phenoxy) is 1. The molecule has 6 nitrogen and oxygen atoms in total. The maximum Gasteiger partial charge on any atom is 0.325 e. The molecular weight excluding hydrogens is 318 g/mol. The van der Waals surface area contributed by atoms with Crippen molar-refractivity contribution < 1.29 is 14.3 Å². The van der Waals surface area contributed by atoms with Crippen LogP contribution in [0.5, 0.6) is 5.75 Å². The van der Waals surface area contributed by atoms with E-state index in [2.05, 4.69) is 10.6 Å². The third kappa shape index (κ3) is 5.08. The van der Waals surface area contributed by atoms with E-state index in [0.29, 0.717) is 17.0 Å². The topological polar surface area (TPSA) is 91.2 Å². The molecule has 0 unspecified atom stereocenters. The Morgan fingerprint density at radius 2 is 1.80 bits per heavy atom. The molecule has 1 atom stereocenters. The van der Waals surface area contributed by atoms with E-state index in [4.69, 9.17) is 10.00 Å². The van der Waals surface area contributed by atoms with Crippen LogP contribution in [0.15, 0.2) is 42.5 Å². The summed E-state index contributed by atoms with van der Waals surface area (Å²) in [6, 6.07) is 13.4. The largest absolute Gasteiger partial charge is 0.481 e. The minimum atomic E-state index is -0.863. The molecule has 2 rings (SSSR count). The predicted octanol–water partition coefficient (Wildman–Crippen LogP) is 3.29. The number of carbonyl (C=O) groups excluding carboxylic acids is 2. The third-order valence-corrected chi connectivity index (χ3v) is 3.53. The normalized spacial score (nSPS) is 11.1. The minimum absolute atomic E-state index is 0.441. The molecule has 0 aliphatic rings. The quantitative estimate of drug-likeness (QED) is 0.895. The number of aryl methyl sites for hydroxylation is 2. The number of hydrogen-bond donors (Lipinski definition) is 2. The Bertz CT molecular complexity index is 823. The van der Waals surface area contributed by atoms with Gasteiger partial charge in [-0.3, -0.25) is 10.1 Å². The highest BCUT2D eigenvalue weighted by Gasteiger charge is 2.18. The number of urea groups is 1. The van der Waals surface area contributed by atoms with Crippen molar-refractivity contribution in [2.45, 2.75) is 26.9 Å². The van der Waals surface area contributed by atoms with Gasteiger partial charge in [0.25, 0.3) is 5.91 Å². The van der Waals surface area contributed by atoms with Crippen molar-refractivity contribution in [2.75, 3.05) is 5.32 Å². The summed E-state index contributed by atoms with van der Waals surface area (Å²) < 4.78 is 5.46. The predicted molar refractivity (Wildman–Crippen MR) is 94.3 cm³/mol. The van der Waals surface area contributed by atoms with Crippen LogP contribution < -0.4 is 15.4 Å². The lowest BCUT2D eigenvalue weighted by atomic mass is 10.1. The van der Waals surface area contributed by atoms with Crippen molar-refractivity contribution in [3.8, 4) is 11.8 Å². The highest BCUT2D eigenvalue weighted by molar-refractivity contribution is 6.02. The van der Waals surface area contributed by atoms with E-state index >= 15 is 0 Å². The van der Waals surface area contributed by atoms with Gasteiger partial charge in [0.1, 0.15) is 5.75 Å². The van der Waals surface area contributed by atoms with Crippen LogP contribution in [0.2, 0.25) is 0 Å². The second kappa shape index (κ2) is 7.97. The fourth-order valence-electron chi connectivity index (χ4n) is 2.19. The second-order valence-corrected chi connectivity index (χ2v) is 5.66. The van der Waals surface area contributed by atoms with Crippen LogP contribution in [0.1, 0.15) is 23.6 Å².